The summed E-state index contributed by atoms with van der Waals surface area (Å²) in [5.41, 5.74) is 3.32. The van der Waals surface area contributed by atoms with E-state index in [2.05, 4.69) is 27.7 Å². The summed E-state index contributed by atoms with van der Waals surface area (Å²) in [5, 5.41) is 0. The van der Waals surface area contributed by atoms with Crippen molar-refractivity contribution in [1.82, 2.24) is 0 Å². The molecule has 1 aromatic rings. The van der Waals surface area contributed by atoms with E-state index in [9.17, 15) is 4.79 Å². The predicted molar refractivity (Wildman–Crippen MR) is 68.9 cm³/mol. The maximum Gasteiger partial charge on any atom is 0.163 e. The van der Waals surface area contributed by atoms with Gasteiger partial charge in [0.25, 0.3) is 0 Å². The summed E-state index contributed by atoms with van der Waals surface area (Å²) in [4.78, 5) is 12.0. The average Bonchev–Trinajstić information content (AvgIpc) is 2.22. The topological polar surface area (TPSA) is 17.1 Å². The van der Waals surface area contributed by atoms with Crippen molar-refractivity contribution in [1.29, 1.82) is 0 Å². The molecule has 1 atom stereocenters. The van der Waals surface area contributed by atoms with Gasteiger partial charge in [-0.3, -0.25) is 4.79 Å². The summed E-state index contributed by atoms with van der Waals surface area (Å²) >= 11 is 0. The molecule has 0 saturated carbocycles. The SMILES string of the molecule is CCCC(C)CC(=O)c1ccc(C)c(C)c1. The average molecular weight is 218 g/mol. The molecule has 1 nitrogen and oxygen atoms in total. The summed E-state index contributed by atoms with van der Waals surface area (Å²) in [7, 11) is 0. The fourth-order valence-corrected chi connectivity index (χ4v) is 1.94. The lowest BCUT2D eigenvalue weighted by Crippen LogP contribution is -2.06. The van der Waals surface area contributed by atoms with E-state index in [1.807, 2.05) is 18.2 Å². The third-order valence-corrected chi connectivity index (χ3v) is 3.14. The zero-order chi connectivity index (χ0) is 12.1. The van der Waals surface area contributed by atoms with Crippen LogP contribution in [-0.2, 0) is 0 Å². The molecule has 0 bridgehead atoms. The van der Waals surface area contributed by atoms with E-state index in [0.29, 0.717) is 12.3 Å². The molecule has 0 spiro atoms. The van der Waals surface area contributed by atoms with Gasteiger partial charge in [-0.25, -0.2) is 0 Å². The smallest absolute Gasteiger partial charge is 0.163 e. The minimum Gasteiger partial charge on any atom is -0.294 e. The van der Waals surface area contributed by atoms with E-state index in [1.165, 1.54) is 11.1 Å². The summed E-state index contributed by atoms with van der Waals surface area (Å²) in [6.45, 7) is 8.45. The van der Waals surface area contributed by atoms with Crippen molar-refractivity contribution in [3.05, 3.63) is 34.9 Å². The summed E-state index contributed by atoms with van der Waals surface area (Å²) in [6.07, 6.45) is 2.97. The van der Waals surface area contributed by atoms with Crippen LogP contribution in [0.5, 0.6) is 0 Å². The first-order chi connectivity index (χ1) is 7.54. The van der Waals surface area contributed by atoms with Crippen molar-refractivity contribution in [3.8, 4) is 0 Å². The van der Waals surface area contributed by atoms with Crippen molar-refractivity contribution >= 4 is 5.78 Å². The third kappa shape index (κ3) is 3.48. The highest BCUT2D eigenvalue weighted by Crippen LogP contribution is 2.16. The summed E-state index contributed by atoms with van der Waals surface area (Å²) in [5.74, 6) is 0.781. The second-order valence-electron chi connectivity index (χ2n) is 4.82. The molecule has 1 unspecified atom stereocenters. The lowest BCUT2D eigenvalue weighted by Gasteiger charge is -2.09. The fraction of sp³-hybridized carbons (Fsp3) is 0.533. The largest absolute Gasteiger partial charge is 0.294 e. The summed E-state index contributed by atoms with van der Waals surface area (Å²) in [6, 6.07) is 5.99. The van der Waals surface area contributed by atoms with Crippen molar-refractivity contribution in [2.45, 2.75) is 47.0 Å². The van der Waals surface area contributed by atoms with Gasteiger partial charge in [0.1, 0.15) is 0 Å². The first-order valence-electron chi connectivity index (χ1n) is 6.15. The molecule has 0 heterocycles. The van der Waals surface area contributed by atoms with Crippen LogP contribution in [0.25, 0.3) is 0 Å². The van der Waals surface area contributed by atoms with Crippen LogP contribution in [0.15, 0.2) is 18.2 Å². The first kappa shape index (κ1) is 13.0. The molecular formula is C15H22O. The van der Waals surface area contributed by atoms with E-state index < -0.39 is 0 Å². The number of ketones is 1. The highest BCUT2D eigenvalue weighted by molar-refractivity contribution is 5.96. The molecule has 0 aliphatic rings. The predicted octanol–water partition coefficient (Wildman–Crippen LogP) is 4.31. The first-order valence-corrected chi connectivity index (χ1v) is 6.15. The van der Waals surface area contributed by atoms with E-state index in [1.54, 1.807) is 0 Å². The van der Waals surface area contributed by atoms with Gasteiger partial charge in [0.15, 0.2) is 5.78 Å². The van der Waals surface area contributed by atoms with Crippen LogP contribution >= 0.6 is 0 Å². The van der Waals surface area contributed by atoms with Crippen molar-refractivity contribution in [2.75, 3.05) is 0 Å². The molecule has 0 saturated heterocycles. The fourth-order valence-electron chi connectivity index (χ4n) is 1.94. The number of carbonyl (C=O) groups excluding carboxylic acids is 1. The number of carbonyl (C=O) groups is 1. The van der Waals surface area contributed by atoms with Crippen LogP contribution in [0.2, 0.25) is 0 Å². The van der Waals surface area contributed by atoms with Crippen molar-refractivity contribution in [2.24, 2.45) is 5.92 Å². The maximum atomic E-state index is 12.0. The lowest BCUT2D eigenvalue weighted by atomic mass is 9.95. The molecule has 0 aliphatic carbocycles. The molecule has 0 N–H and O–H groups in total. The highest BCUT2D eigenvalue weighted by Gasteiger charge is 2.11. The van der Waals surface area contributed by atoms with Crippen LogP contribution in [0, 0.1) is 19.8 Å². The van der Waals surface area contributed by atoms with Crippen molar-refractivity contribution in [3.63, 3.8) is 0 Å². The van der Waals surface area contributed by atoms with Crippen molar-refractivity contribution < 1.29 is 4.79 Å². The van der Waals surface area contributed by atoms with E-state index in [4.69, 9.17) is 0 Å². The number of rotatable bonds is 5. The van der Waals surface area contributed by atoms with Crippen LogP contribution < -0.4 is 0 Å². The monoisotopic (exact) mass is 218 g/mol. The Morgan fingerprint density at radius 1 is 1.25 bits per heavy atom. The molecule has 0 aromatic heterocycles. The third-order valence-electron chi connectivity index (χ3n) is 3.14. The van der Waals surface area contributed by atoms with E-state index >= 15 is 0 Å². The number of hydrogen-bond donors (Lipinski definition) is 0. The minimum absolute atomic E-state index is 0.282. The van der Waals surface area contributed by atoms with Gasteiger partial charge in [-0.2, -0.15) is 0 Å². The van der Waals surface area contributed by atoms with E-state index in [-0.39, 0.29) is 5.78 Å². The maximum absolute atomic E-state index is 12.0. The van der Waals surface area contributed by atoms with Gasteiger partial charge in [-0.05, 0) is 37.0 Å². The van der Waals surface area contributed by atoms with Gasteiger partial charge in [0, 0.05) is 12.0 Å². The van der Waals surface area contributed by atoms with Gasteiger partial charge in [-0.15, -0.1) is 0 Å². The quantitative estimate of drug-likeness (QED) is 0.673. The Hall–Kier alpha value is -1.11. The van der Waals surface area contributed by atoms with Crippen LogP contribution in [0.1, 0.15) is 54.6 Å². The zero-order valence-corrected chi connectivity index (χ0v) is 10.8. The normalized spacial score (nSPS) is 12.5. The Morgan fingerprint density at radius 2 is 1.94 bits per heavy atom. The van der Waals surface area contributed by atoms with Crippen LogP contribution in [0.4, 0.5) is 0 Å². The van der Waals surface area contributed by atoms with E-state index in [0.717, 1.165) is 18.4 Å². The molecule has 0 amide bonds. The number of benzene rings is 1. The molecule has 0 radical (unpaired) electrons. The zero-order valence-electron chi connectivity index (χ0n) is 10.8. The Balaban J connectivity index is 2.69. The highest BCUT2D eigenvalue weighted by atomic mass is 16.1. The Morgan fingerprint density at radius 3 is 2.50 bits per heavy atom. The Kier molecular flexibility index (Phi) is 4.72. The number of Topliss-reactive ketones (excluding diaryl/α,β-unsaturated/α-hetero) is 1. The second kappa shape index (κ2) is 5.83. The van der Waals surface area contributed by atoms with Gasteiger partial charge in [0.05, 0.1) is 0 Å². The number of hydrogen-bond acceptors (Lipinski definition) is 1. The second-order valence-corrected chi connectivity index (χ2v) is 4.82. The number of aryl methyl sites for hydroxylation is 2. The molecular weight excluding hydrogens is 196 g/mol. The Bertz CT molecular complexity index is 366. The molecule has 1 heteroatoms. The van der Waals surface area contributed by atoms with Gasteiger partial charge >= 0.3 is 0 Å². The molecule has 1 aromatic carbocycles. The van der Waals surface area contributed by atoms with Crippen LogP contribution in [-0.4, -0.2) is 5.78 Å². The van der Waals surface area contributed by atoms with Gasteiger partial charge in [-0.1, -0.05) is 38.8 Å². The summed E-state index contributed by atoms with van der Waals surface area (Å²) < 4.78 is 0. The molecule has 88 valence electrons. The van der Waals surface area contributed by atoms with Gasteiger partial charge < -0.3 is 0 Å². The minimum atomic E-state index is 0.282. The molecule has 0 fully saturated rings. The van der Waals surface area contributed by atoms with Gasteiger partial charge in [0.2, 0.25) is 0 Å². The Labute approximate surface area is 98.9 Å². The molecule has 0 aliphatic heterocycles. The standard InChI is InChI=1S/C15H22O/c1-5-6-11(2)9-15(16)14-8-7-12(3)13(4)10-14/h7-8,10-11H,5-6,9H2,1-4H3. The molecule has 16 heavy (non-hydrogen) atoms. The molecule has 1 rings (SSSR count). The lowest BCUT2D eigenvalue weighted by molar-refractivity contribution is 0.0962. The van der Waals surface area contributed by atoms with Crippen LogP contribution in [0.3, 0.4) is 0 Å².